The largest absolute Gasteiger partial charge is 0.504 e. The summed E-state index contributed by atoms with van der Waals surface area (Å²) in [6, 6.07) is 6.22. The van der Waals surface area contributed by atoms with Crippen molar-refractivity contribution in [3.05, 3.63) is 118 Å². The van der Waals surface area contributed by atoms with Crippen LogP contribution < -0.4 is 19.1 Å². The number of esters is 7. The predicted molar refractivity (Wildman–Crippen MR) is 413 cm³/mol. The van der Waals surface area contributed by atoms with Crippen molar-refractivity contribution in [1.82, 2.24) is 0 Å². The lowest BCUT2D eigenvalue weighted by atomic mass is 9.84. The Hall–Kier alpha value is -17.9. The molecule has 29 N–H and O–H groups in total. The van der Waals surface area contributed by atoms with Gasteiger partial charge < -0.3 is 200 Å². The van der Waals surface area contributed by atoms with Gasteiger partial charge in [0.25, 0.3) is 0 Å². The molecule has 5 aliphatic rings. The van der Waals surface area contributed by atoms with E-state index < -0.39 is 392 Å². The van der Waals surface area contributed by atoms with Crippen molar-refractivity contribution >= 4 is 41.8 Å². The van der Waals surface area contributed by atoms with E-state index in [2.05, 4.69) is 0 Å². The third-order valence-electron chi connectivity index (χ3n) is 21.2. The second-order valence-electron chi connectivity index (χ2n) is 29.3. The molecule has 0 aromatic heterocycles. The summed E-state index contributed by atoms with van der Waals surface area (Å²) in [4.78, 5) is 128. The van der Waals surface area contributed by atoms with Crippen molar-refractivity contribution in [2.45, 2.75) is 75.1 Å². The fourth-order valence-electron chi connectivity index (χ4n) is 14.9. The zero-order valence-electron chi connectivity index (χ0n) is 65.4. The summed E-state index contributed by atoms with van der Waals surface area (Å²) in [7, 11) is 0. The van der Waals surface area contributed by atoms with Crippen LogP contribution in [0.4, 0.5) is 0 Å². The Labute approximate surface area is 728 Å². The fourth-order valence-corrected chi connectivity index (χ4v) is 14.9. The first kappa shape index (κ1) is 88.9. The number of phenolic OH excluding ortho intramolecular Hbond substituents is 29. The lowest BCUT2D eigenvalue weighted by molar-refractivity contribution is -0.387. The first-order valence-electron chi connectivity index (χ1n) is 37.4. The number of ether oxygens (including phenoxy) is 10. The molecule has 0 bridgehead atoms. The average Bonchev–Trinajstić information content (AvgIpc) is 0.730. The highest BCUT2D eigenvalue weighted by molar-refractivity contribution is 6.09. The Morgan fingerprint density at radius 3 is 1.30 bits per heavy atom. The van der Waals surface area contributed by atoms with Gasteiger partial charge in [-0.2, -0.15) is 4.89 Å². The molecular formula is C82H62O50. The molecule has 0 spiro atoms. The van der Waals surface area contributed by atoms with Crippen molar-refractivity contribution in [2.75, 3.05) is 6.61 Å². The van der Waals surface area contributed by atoms with Crippen LogP contribution in [0.5, 0.6) is 195 Å². The molecule has 0 amide bonds. The maximum Gasteiger partial charge on any atom is 0.344 e. The second kappa shape index (κ2) is 33.5. The Morgan fingerprint density at radius 1 is 0.348 bits per heavy atom. The van der Waals surface area contributed by atoms with Gasteiger partial charge in [-0.1, -0.05) is 0 Å². The minimum Gasteiger partial charge on any atom is -0.504 e. The Kier molecular flexibility index (Phi) is 22.5. The molecule has 15 rings (SSSR count). The molecule has 10 atom stereocenters. The van der Waals surface area contributed by atoms with Crippen LogP contribution in [0.1, 0.15) is 75.8 Å². The molecule has 0 saturated carbocycles. The monoisotopic (exact) mass is 1850 g/mol. The molecule has 50 nitrogen and oxygen atoms in total. The number of fused-ring (bicyclic) bond motifs is 13. The van der Waals surface area contributed by atoms with Gasteiger partial charge in [0.05, 0.1) is 57.8 Å². The number of phenols is 29. The van der Waals surface area contributed by atoms with Crippen LogP contribution in [0, 0.1) is 11.8 Å². The molecule has 2 fully saturated rings. The summed E-state index contributed by atoms with van der Waals surface area (Å²) in [5.74, 6) is -64.0. The third kappa shape index (κ3) is 15.4. The lowest BCUT2D eigenvalue weighted by Gasteiger charge is -2.44. The van der Waals surface area contributed by atoms with Crippen LogP contribution in [-0.4, -0.2) is 246 Å². The van der Waals surface area contributed by atoms with E-state index >= 15 is 28.8 Å². The summed E-state index contributed by atoms with van der Waals surface area (Å²) in [6.45, 7) is -2.02. The van der Waals surface area contributed by atoms with Crippen LogP contribution in [0.2, 0.25) is 0 Å². The topological polar surface area (TPSA) is 835 Å². The third-order valence-corrected chi connectivity index (χ3v) is 21.2. The average molecular weight is 1850 g/mol. The number of benzene rings is 10. The van der Waals surface area contributed by atoms with Crippen molar-refractivity contribution in [2.24, 2.45) is 11.8 Å². The van der Waals surface area contributed by atoms with E-state index in [1.165, 1.54) is 0 Å². The molecule has 50 heteroatoms. The normalized spacial score (nSPS) is 19.8. The number of hydrogen-bond donors (Lipinski definition) is 29. The number of aromatic hydroxyl groups is 29. The summed E-state index contributed by atoms with van der Waals surface area (Å²) in [5, 5.41) is 318. The first-order chi connectivity index (χ1) is 62.3. The minimum atomic E-state index is -2.94. The maximum absolute atomic E-state index is 15.4. The summed E-state index contributed by atoms with van der Waals surface area (Å²) >= 11 is 0. The van der Waals surface area contributed by atoms with Gasteiger partial charge in [0.15, 0.2) is 151 Å². The fraction of sp³-hybridized carbons (Fsp3) is 0.183. The van der Waals surface area contributed by atoms with Crippen molar-refractivity contribution in [3.8, 4) is 229 Å². The standard InChI is InChI=1S/C82H62O50/c83-26-5-19(6-27(84)52(26)95)18-120-132-71-51-38(2-1-20-7-31(88)55(98)62(105)44(20)47-40(122-80(51)118)15-35(92)58(101)65(47)108)124-82(73(71)127-74(112)21-8-28(85)53(96)29(86)9-21)129-75(113)22-10-30(87)54(97)43(11-22)121-69-25(14-34(91)61(104)68(69)111)78(116)130-81-72-70(126-76(114)23-12-32(89)56(99)63(106)45(23)46-24(77(115)128-72)13-33(90)57(100)64(46)107)50-39(125-81)3-4-119-131-42-17-37(94)60(103)67(110)49(42)48-41(123-79(50)117)16-36(93)59(102)66(48)109/h5-17,38-39,50-51,70-73,81-111H,1-4,18H2. The van der Waals surface area contributed by atoms with Crippen LogP contribution in [0.25, 0.3) is 33.4 Å². The summed E-state index contributed by atoms with van der Waals surface area (Å²) in [6.07, 6.45) is -23.3. The van der Waals surface area contributed by atoms with E-state index in [1.54, 1.807) is 0 Å². The number of rotatable bonds is 12. The van der Waals surface area contributed by atoms with Gasteiger partial charge in [-0.05, 0) is 78.6 Å². The second-order valence-corrected chi connectivity index (χ2v) is 29.3. The molecule has 10 unspecified atom stereocenters. The Bertz CT molecular complexity index is 6550. The zero-order valence-corrected chi connectivity index (χ0v) is 65.4. The smallest absolute Gasteiger partial charge is 0.344 e. The lowest BCUT2D eigenvalue weighted by Crippen LogP contribution is -2.61. The van der Waals surface area contributed by atoms with E-state index in [0.717, 1.165) is 18.2 Å². The predicted octanol–water partition coefficient (Wildman–Crippen LogP) is 5.32. The molecule has 0 aliphatic carbocycles. The minimum absolute atomic E-state index is 0.187. The van der Waals surface area contributed by atoms with Crippen LogP contribution >= 0.6 is 0 Å². The van der Waals surface area contributed by atoms with E-state index in [4.69, 9.17) is 66.9 Å². The quantitative estimate of drug-likeness (QED) is 0.0184. The van der Waals surface area contributed by atoms with E-state index in [0.29, 0.717) is 48.5 Å². The molecule has 5 aliphatic heterocycles. The van der Waals surface area contributed by atoms with Crippen molar-refractivity contribution in [3.63, 3.8) is 0 Å². The molecule has 132 heavy (non-hydrogen) atoms. The van der Waals surface area contributed by atoms with Gasteiger partial charge in [0.1, 0.15) is 35.5 Å². The van der Waals surface area contributed by atoms with Gasteiger partial charge in [-0.25, -0.2) is 33.7 Å². The molecule has 0 radical (unpaired) electrons. The van der Waals surface area contributed by atoms with Crippen LogP contribution in [0.15, 0.2) is 78.9 Å². The Morgan fingerprint density at radius 2 is 0.750 bits per heavy atom. The SMILES string of the molecule is O=C(OC1OC2CCc3cc(O)c(O)c(O)c3-c3c(cc(O)c(O)c3O)OC(=O)C2C(OOCc2cc(O)c(O)c(O)c2)C1OC(=O)c1cc(O)c(O)c(O)c1)c1cc(O)c(O)c(Oc2c(C(=O)OC3OC4CCOOc5cc(O)c(O)c(O)c5-c5c(cc(O)c(O)c5O)OC(=O)C4C4OC(=O)c5cc(O)c(O)c(O)c5-c5c(cc(O)c(O)c5O)C(=O)OC34)cc(O)c(O)c2O)c1. The van der Waals surface area contributed by atoms with E-state index in [-0.39, 0.29) is 23.3 Å². The molecule has 10 aromatic carbocycles. The van der Waals surface area contributed by atoms with Gasteiger partial charge in [0, 0.05) is 47.4 Å². The highest BCUT2D eigenvalue weighted by atomic mass is 17.2. The summed E-state index contributed by atoms with van der Waals surface area (Å²) in [5.41, 5.74) is -13.0. The van der Waals surface area contributed by atoms with Gasteiger partial charge >= 0.3 is 41.8 Å². The highest BCUT2D eigenvalue weighted by Crippen LogP contribution is 2.61. The number of aryl methyl sites for hydroxylation is 1. The molecular weight excluding hydrogens is 1780 g/mol. The van der Waals surface area contributed by atoms with Gasteiger partial charge in [0.2, 0.25) is 70.4 Å². The van der Waals surface area contributed by atoms with Crippen molar-refractivity contribution < 1.29 is 249 Å². The molecule has 5 heterocycles. The molecule has 690 valence electrons. The highest BCUT2D eigenvalue weighted by Gasteiger charge is 2.59. The first-order valence-corrected chi connectivity index (χ1v) is 37.4. The number of carbonyl (C=O) groups is 7. The summed E-state index contributed by atoms with van der Waals surface area (Å²) < 4.78 is 58.7. The van der Waals surface area contributed by atoms with Crippen LogP contribution in [-0.2, 0) is 70.4 Å². The maximum atomic E-state index is 15.4. The van der Waals surface area contributed by atoms with E-state index in [9.17, 15) is 153 Å². The van der Waals surface area contributed by atoms with Crippen molar-refractivity contribution in [1.29, 1.82) is 0 Å². The Balaban J connectivity index is 0.825. The van der Waals surface area contributed by atoms with Crippen LogP contribution in [0.3, 0.4) is 0 Å². The van der Waals surface area contributed by atoms with Gasteiger partial charge in [-0.3, -0.25) is 9.59 Å². The molecule has 10 aromatic rings. The number of carbonyl (C=O) groups excluding carboxylic acids is 7. The van der Waals surface area contributed by atoms with Gasteiger partial charge in [-0.15, -0.1) is 0 Å². The zero-order chi connectivity index (χ0) is 95.6. The number of hydrogen-bond acceptors (Lipinski definition) is 50. The molecule has 2 saturated heterocycles. The van der Waals surface area contributed by atoms with E-state index in [1.807, 2.05) is 0 Å².